The highest BCUT2D eigenvalue weighted by atomic mass is 15.2. The third kappa shape index (κ3) is 7.33. The predicted octanol–water partition coefficient (Wildman–Crippen LogP) is 19.8. The lowest BCUT2D eigenvalue weighted by atomic mass is 9.67. The normalized spacial score (nSPS) is 12.4. The molecule has 13 aromatic rings. The van der Waals surface area contributed by atoms with Gasteiger partial charge in [-0.05, 0) is 126 Å². The molecule has 75 heavy (non-hydrogen) atoms. The number of benzene rings is 13. The van der Waals surface area contributed by atoms with Gasteiger partial charge in [0.15, 0.2) is 0 Å². The molecule has 0 bridgehead atoms. The van der Waals surface area contributed by atoms with Crippen LogP contribution in [0, 0.1) is 0 Å². The molecule has 0 radical (unpaired) electrons. The van der Waals surface area contributed by atoms with E-state index in [0.29, 0.717) is 0 Å². The minimum Gasteiger partial charge on any atom is -0.310 e. The monoisotopic (exact) mass is 954 g/mol. The second kappa shape index (κ2) is 18.4. The molecule has 1 aliphatic carbocycles. The lowest BCUT2D eigenvalue weighted by Crippen LogP contribution is -2.28. The Balaban J connectivity index is 0.918. The fourth-order valence-electron chi connectivity index (χ4n) is 12.2. The fourth-order valence-corrected chi connectivity index (χ4v) is 12.2. The molecule has 0 saturated carbocycles. The summed E-state index contributed by atoms with van der Waals surface area (Å²) in [4.78, 5) is 4.90. The van der Waals surface area contributed by atoms with Gasteiger partial charge in [-0.1, -0.05) is 249 Å². The van der Waals surface area contributed by atoms with Gasteiger partial charge < -0.3 is 9.80 Å². The van der Waals surface area contributed by atoms with Gasteiger partial charge in [0.25, 0.3) is 0 Å². The van der Waals surface area contributed by atoms with Crippen LogP contribution >= 0.6 is 0 Å². The predicted molar refractivity (Wildman–Crippen MR) is 317 cm³/mol. The Kier molecular flexibility index (Phi) is 10.8. The highest BCUT2D eigenvalue weighted by Gasteiger charge is 2.46. The summed E-state index contributed by atoms with van der Waals surface area (Å²) >= 11 is 0. The second-order valence-electron chi connectivity index (χ2n) is 19.6. The summed E-state index contributed by atoms with van der Waals surface area (Å²) in [5.74, 6) is 0. The largest absolute Gasteiger partial charge is 0.310 e. The van der Waals surface area contributed by atoms with Crippen molar-refractivity contribution in [2.45, 2.75) is 5.41 Å². The van der Waals surface area contributed by atoms with Gasteiger partial charge in [-0.3, -0.25) is 0 Å². The maximum atomic E-state index is 2.47. The molecule has 0 saturated heterocycles. The van der Waals surface area contributed by atoms with E-state index in [0.717, 1.165) is 39.7 Å². The van der Waals surface area contributed by atoms with Crippen LogP contribution < -0.4 is 9.80 Å². The van der Waals surface area contributed by atoms with Gasteiger partial charge in [0.05, 0.1) is 22.5 Å². The van der Waals surface area contributed by atoms with E-state index >= 15 is 0 Å². The zero-order valence-corrected chi connectivity index (χ0v) is 41.3. The SMILES string of the molecule is c1ccc(-c2ccc(N(c3cccc4ccccc34)c3ccc(-c4ccc(N(c5ccc6c(c5)C(c5ccccc5)(c5ccccc5)c5ccccc5-6)c5cccc6ccccc56)cc4)c4ccccc34)cc2)cc1. The van der Waals surface area contributed by atoms with Gasteiger partial charge in [-0.15, -0.1) is 0 Å². The molecule has 13 aromatic carbocycles. The molecule has 0 unspecified atom stereocenters. The van der Waals surface area contributed by atoms with E-state index in [1.54, 1.807) is 0 Å². The molecule has 0 spiro atoms. The molecular weight excluding hydrogens is 905 g/mol. The van der Waals surface area contributed by atoms with Crippen molar-refractivity contribution in [3.05, 3.63) is 326 Å². The number of anilines is 6. The van der Waals surface area contributed by atoms with Gasteiger partial charge >= 0.3 is 0 Å². The Morgan fingerprint density at radius 1 is 0.227 bits per heavy atom. The summed E-state index contributed by atoms with van der Waals surface area (Å²) in [7, 11) is 0. The maximum absolute atomic E-state index is 2.47. The van der Waals surface area contributed by atoms with Gasteiger partial charge in [0.1, 0.15) is 0 Å². The van der Waals surface area contributed by atoms with E-state index in [9.17, 15) is 0 Å². The van der Waals surface area contributed by atoms with E-state index in [1.807, 2.05) is 0 Å². The van der Waals surface area contributed by atoms with Gasteiger partial charge in [0.2, 0.25) is 0 Å². The lowest BCUT2D eigenvalue weighted by Gasteiger charge is -2.35. The molecule has 14 rings (SSSR count). The maximum Gasteiger partial charge on any atom is 0.0714 e. The average Bonchev–Trinajstić information content (AvgIpc) is 3.92. The lowest BCUT2D eigenvalue weighted by molar-refractivity contribution is 0.768. The smallest absolute Gasteiger partial charge is 0.0714 e. The molecule has 1 aliphatic rings. The van der Waals surface area contributed by atoms with Gasteiger partial charge in [0, 0.05) is 33.2 Å². The summed E-state index contributed by atoms with van der Waals surface area (Å²) in [5.41, 5.74) is 18.5. The third-order valence-corrected chi connectivity index (χ3v) is 15.5. The Labute approximate surface area is 438 Å². The van der Waals surface area contributed by atoms with E-state index in [4.69, 9.17) is 0 Å². The van der Waals surface area contributed by atoms with Crippen molar-refractivity contribution in [1.29, 1.82) is 0 Å². The molecule has 0 heterocycles. The van der Waals surface area contributed by atoms with Crippen LogP contribution in [-0.4, -0.2) is 0 Å². The number of fused-ring (bicyclic) bond motifs is 6. The summed E-state index contributed by atoms with van der Waals surface area (Å²) in [6.07, 6.45) is 0. The zero-order valence-electron chi connectivity index (χ0n) is 41.3. The fraction of sp³-hybridized carbons (Fsp3) is 0.0137. The molecule has 0 fully saturated rings. The van der Waals surface area contributed by atoms with E-state index < -0.39 is 5.41 Å². The minimum absolute atomic E-state index is 0.527. The van der Waals surface area contributed by atoms with E-state index in [1.165, 1.54) is 82.4 Å². The highest BCUT2D eigenvalue weighted by molar-refractivity contribution is 6.09. The van der Waals surface area contributed by atoms with Crippen molar-refractivity contribution < 1.29 is 0 Å². The molecule has 0 aliphatic heterocycles. The zero-order chi connectivity index (χ0) is 49.7. The van der Waals surface area contributed by atoms with Crippen molar-refractivity contribution >= 4 is 66.4 Å². The number of rotatable bonds is 10. The minimum atomic E-state index is -0.527. The van der Waals surface area contributed by atoms with Crippen LogP contribution in [-0.2, 0) is 5.41 Å². The van der Waals surface area contributed by atoms with Crippen LogP contribution in [0.4, 0.5) is 34.1 Å². The summed E-state index contributed by atoms with van der Waals surface area (Å²) < 4.78 is 0. The van der Waals surface area contributed by atoms with E-state index in [2.05, 4.69) is 313 Å². The van der Waals surface area contributed by atoms with Gasteiger partial charge in [-0.2, -0.15) is 0 Å². The second-order valence-corrected chi connectivity index (χ2v) is 19.6. The third-order valence-electron chi connectivity index (χ3n) is 15.5. The van der Waals surface area contributed by atoms with E-state index in [-0.39, 0.29) is 0 Å². The Morgan fingerprint density at radius 3 is 1.29 bits per heavy atom. The number of nitrogens with zero attached hydrogens (tertiary/aromatic N) is 2. The molecule has 0 N–H and O–H groups in total. The summed E-state index contributed by atoms with van der Waals surface area (Å²) in [5, 5.41) is 7.16. The topological polar surface area (TPSA) is 6.48 Å². The molecule has 2 heteroatoms. The first kappa shape index (κ1) is 44.0. The number of hydrogen-bond acceptors (Lipinski definition) is 2. The molecule has 0 amide bonds. The molecule has 0 aromatic heterocycles. The van der Waals surface area contributed by atoms with Crippen LogP contribution in [0.25, 0.3) is 65.7 Å². The Bertz CT molecular complexity index is 4170. The van der Waals surface area contributed by atoms with Crippen LogP contribution in [0.15, 0.2) is 303 Å². The Hall–Kier alpha value is -9.76. The van der Waals surface area contributed by atoms with Gasteiger partial charge in [-0.25, -0.2) is 0 Å². The summed E-state index contributed by atoms with van der Waals surface area (Å²) in [6.45, 7) is 0. The van der Waals surface area contributed by atoms with Crippen LogP contribution in [0.3, 0.4) is 0 Å². The van der Waals surface area contributed by atoms with Crippen LogP contribution in [0.1, 0.15) is 22.3 Å². The van der Waals surface area contributed by atoms with Crippen molar-refractivity contribution in [1.82, 2.24) is 0 Å². The Morgan fingerprint density at radius 2 is 0.653 bits per heavy atom. The van der Waals surface area contributed by atoms with Crippen molar-refractivity contribution in [2.24, 2.45) is 0 Å². The van der Waals surface area contributed by atoms with Crippen molar-refractivity contribution in [3.8, 4) is 33.4 Å². The first-order chi connectivity index (χ1) is 37.2. The molecule has 2 nitrogen and oxygen atoms in total. The molecule has 0 atom stereocenters. The standard InChI is InChI=1S/C73H50N2/c1-4-20-51(21-5-1)52-38-42-59(43-39-52)75(71-37-19-25-54-23-11-13-31-63(54)71)72-49-48-61(64-32-14-15-34-67(64)72)55-40-44-58(45-41-55)74(70-36-18-24-53-22-10-12-30-62(53)70)60-46-47-66-65-33-16-17-35-68(65)73(69(66)50-60,56-26-6-2-7-27-56)57-28-8-3-9-29-57/h1-50H. The summed E-state index contributed by atoms with van der Waals surface area (Å²) in [6, 6.07) is 111. The molecular formula is C73H50N2. The van der Waals surface area contributed by atoms with Crippen molar-refractivity contribution in [3.63, 3.8) is 0 Å². The highest BCUT2D eigenvalue weighted by Crippen LogP contribution is 2.57. The number of hydrogen-bond donors (Lipinski definition) is 0. The average molecular weight is 955 g/mol. The van der Waals surface area contributed by atoms with Crippen LogP contribution in [0.5, 0.6) is 0 Å². The quantitative estimate of drug-likeness (QED) is 0.135. The first-order valence-electron chi connectivity index (χ1n) is 25.9. The molecule has 352 valence electrons. The first-order valence-corrected chi connectivity index (χ1v) is 25.9. The van der Waals surface area contributed by atoms with Crippen LogP contribution in [0.2, 0.25) is 0 Å². The van der Waals surface area contributed by atoms with Crippen molar-refractivity contribution in [2.75, 3.05) is 9.80 Å².